The zero-order valence-electron chi connectivity index (χ0n) is 16.0. The summed E-state index contributed by atoms with van der Waals surface area (Å²) in [5, 5.41) is 9.13. The first-order valence-corrected chi connectivity index (χ1v) is 9.61. The molecule has 0 bridgehead atoms. The van der Waals surface area contributed by atoms with Crippen LogP contribution < -0.4 is 0 Å². The van der Waals surface area contributed by atoms with Crippen molar-refractivity contribution in [3.05, 3.63) is 70.8 Å². The van der Waals surface area contributed by atoms with E-state index in [1.165, 1.54) is 6.07 Å². The second-order valence-corrected chi connectivity index (χ2v) is 7.90. The molecule has 29 heavy (non-hydrogen) atoms. The molecular formula is C22H22F2N2O3. The van der Waals surface area contributed by atoms with Gasteiger partial charge in [-0.3, -0.25) is 14.5 Å². The monoisotopic (exact) mass is 400 g/mol. The first kappa shape index (κ1) is 19.5. The van der Waals surface area contributed by atoms with E-state index in [1.54, 1.807) is 4.90 Å². The predicted molar refractivity (Wildman–Crippen MR) is 102 cm³/mol. The highest BCUT2D eigenvalue weighted by Gasteiger charge is 2.49. The molecule has 0 aromatic heterocycles. The molecule has 2 aromatic carbocycles. The van der Waals surface area contributed by atoms with Crippen LogP contribution in [0.2, 0.25) is 0 Å². The van der Waals surface area contributed by atoms with E-state index >= 15 is 0 Å². The summed E-state index contributed by atoms with van der Waals surface area (Å²) in [6.45, 7) is 3.59. The van der Waals surface area contributed by atoms with E-state index in [9.17, 15) is 18.4 Å². The third kappa shape index (κ3) is 3.62. The molecule has 1 amide bonds. The van der Waals surface area contributed by atoms with Crippen LogP contribution in [-0.4, -0.2) is 53.0 Å². The Hall–Kier alpha value is -2.80. The zero-order chi connectivity index (χ0) is 20.7. The number of halogens is 2. The fraction of sp³-hybridized carbons (Fsp3) is 0.364. The third-order valence-corrected chi connectivity index (χ3v) is 6.03. The van der Waals surface area contributed by atoms with Gasteiger partial charge >= 0.3 is 5.97 Å². The minimum absolute atomic E-state index is 0.0232. The number of rotatable bonds is 4. The highest BCUT2D eigenvalue weighted by atomic mass is 19.2. The van der Waals surface area contributed by atoms with Crippen LogP contribution >= 0.6 is 0 Å². The number of hydrogen-bond donors (Lipinski definition) is 1. The number of amides is 1. The van der Waals surface area contributed by atoms with Crippen LogP contribution in [0, 0.1) is 30.4 Å². The number of aryl methyl sites for hydroxylation is 1. The lowest BCUT2D eigenvalue weighted by molar-refractivity contribution is -0.138. The van der Waals surface area contributed by atoms with Crippen LogP contribution in [-0.2, 0) is 4.79 Å². The number of benzene rings is 2. The lowest BCUT2D eigenvalue weighted by atomic mass is 9.87. The van der Waals surface area contributed by atoms with E-state index in [0.717, 1.165) is 23.3 Å². The number of carbonyl (C=O) groups excluding carboxylic acids is 1. The van der Waals surface area contributed by atoms with Gasteiger partial charge < -0.3 is 10.0 Å². The van der Waals surface area contributed by atoms with Gasteiger partial charge in [0, 0.05) is 31.1 Å². The first-order chi connectivity index (χ1) is 13.8. The molecule has 2 aliphatic heterocycles. The van der Waals surface area contributed by atoms with Crippen LogP contribution in [0.25, 0.3) is 0 Å². The van der Waals surface area contributed by atoms with Gasteiger partial charge in [0.1, 0.15) is 0 Å². The molecule has 0 radical (unpaired) electrons. The van der Waals surface area contributed by atoms with E-state index in [-0.39, 0.29) is 35.9 Å². The minimum atomic E-state index is -1.05. The molecule has 0 aliphatic carbocycles. The second-order valence-electron chi connectivity index (χ2n) is 7.90. The van der Waals surface area contributed by atoms with Gasteiger partial charge in [-0.05, 0) is 42.2 Å². The summed E-state index contributed by atoms with van der Waals surface area (Å²) in [5.74, 6) is -3.02. The molecule has 4 rings (SSSR count). The van der Waals surface area contributed by atoms with E-state index in [0.29, 0.717) is 19.6 Å². The smallest absolute Gasteiger partial charge is 0.317 e. The van der Waals surface area contributed by atoms with Crippen molar-refractivity contribution < 1.29 is 23.5 Å². The standard InChI is InChI=1S/C22H22F2N2O3/c1-13-4-2-3-5-16(13)21-17-11-25(12-20(27)28)9-15(17)10-26(21)22(29)14-6-7-18(23)19(24)8-14/h2-8,15,17,21H,9-12H2,1H3,(H,27,28)/t15-,17-,21+/m0/s1. The van der Waals surface area contributed by atoms with Gasteiger partial charge in [-0.1, -0.05) is 24.3 Å². The van der Waals surface area contributed by atoms with E-state index in [4.69, 9.17) is 5.11 Å². The van der Waals surface area contributed by atoms with Gasteiger partial charge in [-0.2, -0.15) is 0 Å². The molecule has 152 valence electrons. The van der Waals surface area contributed by atoms with Crippen LogP contribution in [0.4, 0.5) is 8.78 Å². The summed E-state index contributed by atoms with van der Waals surface area (Å²) in [7, 11) is 0. The summed E-state index contributed by atoms with van der Waals surface area (Å²) in [6, 6.07) is 10.8. The number of carbonyl (C=O) groups is 2. The normalized spacial score (nSPS) is 24.0. The van der Waals surface area contributed by atoms with Crippen molar-refractivity contribution >= 4 is 11.9 Å². The van der Waals surface area contributed by atoms with Gasteiger partial charge in [0.05, 0.1) is 12.6 Å². The Morgan fingerprint density at radius 2 is 1.83 bits per heavy atom. The molecule has 0 saturated carbocycles. The number of likely N-dealkylation sites (tertiary alicyclic amines) is 2. The molecule has 7 heteroatoms. The van der Waals surface area contributed by atoms with Crippen LogP contribution in [0.5, 0.6) is 0 Å². The second kappa shape index (κ2) is 7.55. The summed E-state index contributed by atoms with van der Waals surface area (Å²) >= 11 is 0. The SMILES string of the molecule is Cc1ccccc1[C@@H]1[C@H]2CN(CC(=O)O)C[C@H]2CN1C(=O)c1ccc(F)c(F)c1. The van der Waals surface area contributed by atoms with Crippen molar-refractivity contribution in [2.45, 2.75) is 13.0 Å². The number of nitrogens with zero attached hydrogens (tertiary/aromatic N) is 2. The highest BCUT2D eigenvalue weighted by Crippen LogP contribution is 2.46. The van der Waals surface area contributed by atoms with Crippen molar-refractivity contribution in [1.29, 1.82) is 0 Å². The van der Waals surface area contributed by atoms with Crippen LogP contribution in [0.15, 0.2) is 42.5 Å². The fourth-order valence-electron chi connectivity index (χ4n) is 4.78. The summed E-state index contributed by atoms with van der Waals surface area (Å²) in [5.41, 5.74) is 2.16. The molecule has 2 aromatic rings. The van der Waals surface area contributed by atoms with Gasteiger partial charge in [-0.25, -0.2) is 8.78 Å². The van der Waals surface area contributed by atoms with Crippen molar-refractivity contribution in [1.82, 2.24) is 9.80 Å². The largest absolute Gasteiger partial charge is 0.480 e. The maximum atomic E-state index is 13.7. The molecule has 2 saturated heterocycles. The van der Waals surface area contributed by atoms with E-state index in [1.807, 2.05) is 36.1 Å². The Bertz CT molecular complexity index is 965. The molecule has 1 N–H and O–H groups in total. The number of carboxylic acids is 1. The van der Waals surface area contributed by atoms with Gasteiger partial charge in [0.15, 0.2) is 11.6 Å². The Morgan fingerprint density at radius 1 is 1.07 bits per heavy atom. The average Bonchev–Trinajstić information content (AvgIpc) is 3.20. The molecule has 5 nitrogen and oxygen atoms in total. The van der Waals surface area contributed by atoms with Gasteiger partial charge in [0.25, 0.3) is 5.91 Å². The Kier molecular flexibility index (Phi) is 5.08. The fourth-order valence-corrected chi connectivity index (χ4v) is 4.78. The average molecular weight is 400 g/mol. The number of carboxylic acid groups (broad SMARTS) is 1. The quantitative estimate of drug-likeness (QED) is 0.857. The molecule has 2 fully saturated rings. The Balaban J connectivity index is 1.68. The number of aliphatic carboxylic acids is 1. The summed E-state index contributed by atoms with van der Waals surface area (Å²) < 4.78 is 27.0. The topological polar surface area (TPSA) is 60.9 Å². The third-order valence-electron chi connectivity index (χ3n) is 6.03. The number of fused-ring (bicyclic) bond motifs is 1. The van der Waals surface area contributed by atoms with E-state index in [2.05, 4.69) is 0 Å². The Labute approximate surface area is 167 Å². The maximum Gasteiger partial charge on any atom is 0.317 e. The lowest BCUT2D eigenvalue weighted by Gasteiger charge is -2.31. The zero-order valence-corrected chi connectivity index (χ0v) is 16.0. The molecule has 2 heterocycles. The summed E-state index contributed by atoms with van der Waals surface area (Å²) in [4.78, 5) is 28.0. The van der Waals surface area contributed by atoms with Gasteiger partial charge in [0.2, 0.25) is 0 Å². The Morgan fingerprint density at radius 3 is 2.52 bits per heavy atom. The first-order valence-electron chi connectivity index (χ1n) is 9.61. The van der Waals surface area contributed by atoms with Crippen LogP contribution in [0.3, 0.4) is 0 Å². The van der Waals surface area contributed by atoms with Crippen molar-refractivity contribution in [2.75, 3.05) is 26.2 Å². The lowest BCUT2D eigenvalue weighted by Crippen LogP contribution is -2.37. The van der Waals surface area contributed by atoms with Crippen molar-refractivity contribution in [3.8, 4) is 0 Å². The molecule has 3 atom stereocenters. The molecule has 0 unspecified atom stereocenters. The summed E-state index contributed by atoms with van der Waals surface area (Å²) in [6.07, 6.45) is 0. The predicted octanol–water partition coefficient (Wildman–Crippen LogP) is 3.10. The van der Waals surface area contributed by atoms with Gasteiger partial charge in [-0.15, -0.1) is 0 Å². The molecular weight excluding hydrogens is 378 g/mol. The molecule has 2 aliphatic rings. The maximum absolute atomic E-state index is 13.7. The van der Waals surface area contributed by atoms with Crippen LogP contribution in [0.1, 0.15) is 27.5 Å². The molecule has 0 spiro atoms. The van der Waals surface area contributed by atoms with Crippen molar-refractivity contribution in [2.24, 2.45) is 11.8 Å². The number of hydrogen-bond acceptors (Lipinski definition) is 3. The van der Waals surface area contributed by atoms with Crippen molar-refractivity contribution in [3.63, 3.8) is 0 Å². The highest BCUT2D eigenvalue weighted by molar-refractivity contribution is 5.94. The minimum Gasteiger partial charge on any atom is -0.480 e. The van der Waals surface area contributed by atoms with E-state index < -0.39 is 17.6 Å².